The molecule has 0 bridgehead atoms. The van der Waals surface area contributed by atoms with E-state index in [2.05, 4.69) is 5.10 Å². The molecule has 0 aliphatic carbocycles. The SMILES string of the molecule is CC(C)n1nc(C(=O)NNS(=O)(=O)c2ccc(F)c(F)c2)c2ccccc2c1=O. The first-order valence-electron chi connectivity index (χ1n) is 8.40. The Morgan fingerprint density at radius 1 is 1.07 bits per heavy atom. The number of nitrogens with zero attached hydrogens (tertiary/aromatic N) is 2. The van der Waals surface area contributed by atoms with E-state index in [-0.39, 0.29) is 22.5 Å². The Bertz CT molecular complexity index is 1270. The second kappa shape index (κ2) is 7.68. The van der Waals surface area contributed by atoms with Crippen molar-refractivity contribution in [3.63, 3.8) is 0 Å². The molecule has 0 saturated heterocycles. The molecule has 0 aliphatic rings. The number of carbonyl (C=O) groups excluding carboxylic acids is 1. The van der Waals surface area contributed by atoms with E-state index < -0.39 is 38.0 Å². The van der Waals surface area contributed by atoms with Gasteiger partial charge in [-0.15, -0.1) is 4.83 Å². The third kappa shape index (κ3) is 4.00. The van der Waals surface area contributed by atoms with Crippen molar-refractivity contribution in [1.82, 2.24) is 20.0 Å². The molecule has 11 heteroatoms. The third-order valence-corrected chi connectivity index (χ3v) is 5.28. The average Bonchev–Trinajstić information content (AvgIpc) is 2.68. The second-order valence-electron chi connectivity index (χ2n) is 6.37. The van der Waals surface area contributed by atoms with Crippen LogP contribution >= 0.6 is 0 Å². The van der Waals surface area contributed by atoms with Crippen molar-refractivity contribution in [2.75, 3.05) is 0 Å². The fraction of sp³-hybridized carbons (Fsp3) is 0.167. The highest BCUT2D eigenvalue weighted by Crippen LogP contribution is 2.16. The number of benzene rings is 2. The maximum absolute atomic E-state index is 13.3. The molecule has 1 amide bonds. The number of nitrogens with one attached hydrogen (secondary N) is 2. The molecule has 2 aromatic carbocycles. The monoisotopic (exact) mass is 422 g/mol. The van der Waals surface area contributed by atoms with Crippen molar-refractivity contribution < 1.29 is 22.0 Å². The number of halogens is 2. The number of fused-ring (bicyclic) bond motifs is 1. The van der Waals surface area contributed by atoms with Gasteiger partial charge in [-0.1, -0.05) is 18.2 Å². The van der Waals surface area contributed by atoms with Gasteiger partial charge in [-0.2, -0.15) is 5.10 Å². The predicted molar refractivity (Wildman–Crippen MR) is 101 cm³/mol. The summed E-state index contributed by atoms with van der Waals surface area (Å²) >= 11 is 0. The highest BCUT2D eigenvalue weighted by Gasteiger charge is 2.21. The van der Waals surface area contributed by atoms with Crippen LogP contribution in [0.15, 0.2) is 52.2 Å². The molecule has 0 radical (unpaired) electrons. The van der Waals surface area contributed by atoms with Crippen LogP contribution in [0.4, 0.5) is 8.78 Å². The smallest absolute Gasteiger partial charge is 0.272 e. The zero-order valence-electron chi connectivity index (χ0n) is 15.3. The number of amides is 1. The topological polar surface area (TPSA) is 110 Å². The van der Waals surface area contributed by atoms with Crippen molar-refractivity contribution >= 4 is 26.7 Å². The summed E-state index contributed by atoms with van der Waals surface area (Å²) in [5.41, 5.74) is 1.41. The maximum Gasteiger partial charge on any atom is 0.287 e. The van der Waals surface area contributed by atoms with Crippen LogP contribution in [0.25, 0.3) is 10.8 Å². The molecule has 1 aromatic heterocycles. The fourth-order valence-corrected chi connectivity index (χ4v) is 3.45. The van der Waals surface area contributed by atoms with Gasteiger partial charge in [-0.3, -0.25) is 15.0 Å². The average molecular weight is 422 g/mol. The minimum absolute atomic E-state index is 0.179. The molecule has 0 saturated carbocycles. The van der Waals surface area contributed by atoms with Crippen molar-refractivity contribution in [3.8, 4) is 0 Å². The van der Waals surface area contributed by atoms with Crippen LogP contribution in [0.5, 0.6) is 0 Å². The van der Waals surface area contributed by atoms with Gasteiger partial charge >= 0.3 is 0 Å². The van der Waals surface area contributed by atoms with Gasteiger partial charge in [0.2, 0.25) is 0 Å². The molecule has 8 nitrogen and oxygen atoms in total. The van der Waals surface area contributed by atoms with Crippen LogP contribution < -0.4 is 15.8 Å². The van der Waals surface area contributed by atoms with Crippen molar-refractivity contribution in [1.29, 1.82) is 0 Å². The van der Waals surface area contributed by atoms with Gasteiger partial charge in [0.15, 0.2) is 17.3 Å². The Balaban J connectivity index is 1.95. The van der Waals surface area contributed by atoms with Gasteiger partial charge < -0.3 is 0 Å². The molecule has 1 heterocycles. The maximum atomic E-state index is 13.3. The molecular formula is C18H16F2N4O4S. The van der Waals surface area contributed by atoms with Crippen LogP contribution in [0.3, 0.4) is 0 Å². The number of carbonyl (C=O) groups is 1. The summed E-state index contributed by atoms with van der Waals surface area (Å²) in [6.45, 7) is 3.41. The zero-order valence-corrected chi connectivity index (χ0v) is 16.1. The number of rotatable bonds is 5. The summed E-state index contributed by atoms with van der Waals surface area (Å²) in [5, 5.41) is 4.52. The first-order valence-corrected chi connectivity index (χ1v) is 9.89. The van der Waals surface area contributed by atoms with Crippen molar-refractivity contribution in [2.45, 2.75) is 24.8 Å². The summed E-state index contributed by atoms with van der Waals surface area (Å²) < 4.78 is 51.9. The van der Waals surface area contributed by atoms with Crippen molar-refractivity contribution in [2.24, 2.45) is 0 Å². The largest absolute Gasteiger partial charge is 0.287 e. The second-order valence-corrected chi connectivity index (χ2v) is 8.06. The fourth-order valence-electron chi connectivity index (χ4n) is 2.60. The Hall–Kier alpha value is -3.18. The summed E-state index contributed by atoms with van der Waals surface area (Å²) in [6.07, 6.45) is 0. The molecule has 3 aromatic rings. The highest BCUT2D eigenvalue weighted by atomic mass is 32.2. The predicted octanol–water partition coefficient (Wildman–Crippen LogP) is 1.88. The van der Waals surface area contributed by atoms with E-state index >= 15 is 0 Å². The normalized spacial score (nSPS) is 11.8. The standard InChI is InChI=1S/C18H16F2N4O4S/c1-10(2)24-18(26)13-6-4-3-5-12(13)16(22-24)17(25)21-23-29(27,28)11-7-8-14(19)15(20)9-11/h3-10,23H,1-2H3,(H,21,25). The third-order valence-electron chi connectivity index (χ3n) is 4.03. The molecule has 0 spiro atoms. The molecule has 152 valence electrons. The lowest BCUT2D eigenvalue weighted by Gasteiger charge is -2.14. The Morgan fingerprint density at radius 2 is 1.72 bits per heavy atom. The first-order chi connectivity index (χ1) is 13.6. The lowest BCUT2D eigenvalue weighted by molar-refractivity contribution is 0.0939. The number of hydrogen-bond donors (Lipinski definition) is 2. The van der Waals surface area contributed by atoms with E-state index in [1.165, 1.54) is 12.1 Å². The van der Waals surface area contributed by atoms with E-state index in [4.69, 9.17) is 0 Å². The zero-order chi connectivity index (χ0) is 21.3. The van der Waals surface area contributed by atoms with E-state index in [0.29, 0.717) is 12.1 Å². The molecule has 0 atom stereocenters. The van der Waals surface area contributed by atoms with E-state index in [9.17, 15) is 26.8 Å². The molecule has 0 unspecified atom stereocenters. The van der Waals surface area contributed by atoms with Crippen LogP contribution in [-0.2, 0) is 10.0 Å². The number of aromatic nitrogens is 2. The molecule has 29 heavy (non-hydrogen) atoms. The van der Waals surface area contributed by atoms with Crippen LogP contribution in [0.2, 0.25) is 0 Å². The molecule has 2 N–H and O–H groups in total. The van der Waals surface area contributed by atoms with Gasteiger partial charge in [-0.05, 0) is 38.1 Å². The number of hydrazine groups is 1. The minimum Gasteiger partial charge on any atom is -0.272 e. The minimum atomic E-state index is -4.38. The Kier molecular flexibility index (Phi) is 5.44. The van der Waals surface area contributed by atoms with Gasteiger partial charge in [0, 0.05) is 5.39 Å². The van der Waals surface area contributed by atoms with Crippen LogP contribution in [0, 0.1) is 11.6 Å². The van der Waals surface area contributed by atoms with Gasteiger partial charge in [0.05, 0.1) is 16.3 Å². The Labute approximate surface area is 164 Å². The van der Waals surface area contributed by atoms with Gasteiger partial charge in [0.1, 0.15) is 0 Å². The summed E-state index contributed by atoms with van der Waals surface area (Å²) in [7, 11) is -4.38. The number of sulfonamides is 1. The Morgan fingerprint density at radius 3 is 2.34 bits per heavy atom. The molecule has 0 fully saturated rings. The molecular weight excluding hydrogens is 406 g/mol. The summed E-state index contributed by atoms with van der Waals surface area (Å²) in [4.78, 5) is 26.3. The van der Waals surface area contributed by atoms with E-state index in [1.807, 2.05) is 5.43 Å². The van der Waals surface area contributed by atoms with Gasteiger partial charge in [0.25, 0.3) is 21.5 Å². The first kappa shape index (κ1) is 20.6. The van der Waals surface area contributed by atoms with Crippen molar-refractivity contribution in [3.05, 3.63) is 70.1 Å². The summed E-state index contributed by atoms with van der Waals surface area (Å²) in [5.74, 6) is -3.49. The highest BCUT2D eigenvalue weighted by molar-refractivity contribution is 7.89. The number of hydrogen-bond acceptors (Lipinski definition) is 5. The van der Waals surface area contributed by atoms with E-state index in [0.717, 1.165) is 10.7 Å². The lowest BCUT2D eigenvalue weighted by Crippen LogP contribution is -2.42. The van der Waals surface area contributed by atoms with Crippen LogP contribution in [0.1, 0.15) is 30.4 Å². The van der Waals surface area contributed by atoms with Crippen LogP contribution in [-0.4, -0.2) is 24.1 Å². The molecule has 0 aliphatic heterocycles. The summed E-state index contributed by atoms with van der Waals surface area (Å²) in [6, 6.07) is 7.90. The molecule has 3 rings (SSSR count). The quantitative estimate of drug-likeness (QED) is 0.610. The van der Waals surface area contributed by atoms with E-state index in [1.54, 1.807) is 30.8 Å². The lowest BCUT2D eigenvalue weighted by atomic mass is 10.1. The van der Waals surface area contributed by atoms with Gasteiger partial charge in [-0.25, -0.2) is 21.9 Å².